The van der Waals surface area contributed by atoms with Crippen LogP contribution in [-0.4, -0.2) is 29.6 Å². The van der Waals surface area contributed by atoms with E-state index in [2.05, 4.69) is 47.3 Å². The number of fused-ring (bicyclic) bond motifs is 2. The number of aromatic nitrogens is 2. The lowest BCUT2D eigenvalue weighted by Gasteiger charge is -2.16. The molecule has 0 bridgehead atoms. The zero-order valence-corrected chi connectivity index (χ0v) is 21.8. The van der Waals surface area contributed by atoms with Crippen molar-refractivity contribution in [2.45, 2.75) is 45.6 Å². The first kappa shape index (κ1) is 25.3. The third-order valence-corrected chi connectivity index (χ3v) is 6.71. The Balaban J connectivity index is 1.36. The second-order valence-corrected chi connectivity index (χ2v) is 9.46. The number of carbonyl (C=O) groups is 1. The molecule has 5 rings (SSSR count). The van der Waals surface area contributed by atoms with Gasteiger partial charge in [-0.2, -0.15) is 0 Å². The molecular weight excluding hydrogens is 474 g/mol. The van der Waals surface area contributed by atoms with Crippen LogP contribution in [0.25, 0.3) is 10.9 Å². The molecule has 0 atom stereocenters. The number of carbonyl (C=O) groups excluding carboxylic acids is 1. The molecule has 2 aromatic carbocycles. The van der Waals surface area contributed by atoms with Gasteiger partial charge in [0.25, 0.3) is 0 Å². The van der Waals surface area contributed by atoms with Crippen LogP contribution in [0.5, 0.6) is 5.75 Å². The predicted octanol–water partition coefficient (Wildman–Crippen LogP) is 6.04. The molecule has 4 aromatic rings. The number of anilines is 1. The summed E-state index contributed by atoms with van der Waals surface area (Å²) in [6.45, 7) is 2.87. The SMILES string of the molecule is COC(=O)c1nc(C#CCNc2c3c(nc4ccc(C)cc24)CCCCC3)ccc1OCc1ccccc1. The first-order chi connectivity index (χ1) is 18.6. The van der Waals surface area contributed by atoms with Crippen molar-refractivity contribution in [1.82, 2.24) is 9.97 Å². The summed E-state index contributed by atoms with van der Waals surface area (Å²) in [5.41, 5.74) is 7.46. The van der Waals surface area contributed by atoms with Gasteiger partial charge in [0.1, 0.15) is 12.3 Å². The first-order valence-electron chi connectivity index (χ1n) is 13.0. The maximum atomic E-state index is 12.4. The number of ether oxygens (including phenoxy) is 2. The summed E-state index contributed by atoms with van der Waals surface area (Å²) in [7, 11) is 1.33. The molecule has 1 aliphatic rings. The van der Waals surface area contributed by atoms with E-state index in [0.717, 1.165) is 35.0 Å². The predicted molar refractivity (Wildman–Crippen MR) is 149 cm³/mol. The normalized spacial score (nSPS) is 12.6. The van der Waals surface area contributed by atoms with E-state index in [-0.39, 0.29) is 5.69 Å². The zero-order valence-electron chi connectivity index (χ0n) is 21.8. The quantitative estimate of drug-likeness (QED) is 0.196. The molecule has 1 aliphatic carbocycles. The van der Waals surface area contributed by atoms with E-state index in [1.807, 2.05) is 30.3 Å². The van der Waals surface area contributed by atoms with Crippen molar-refractivity contribution in [3.05, 3.63) is 94.4 Å². The maximum absolute atomic E-state index is 12.4. The molecular formula is C32H31N3O3. The molecule has 0 saturated carbocycles. The van der Waals surface area contributed by atoms with Crippen molar-refractivity contribution in [2.24, 2.45) is 0 Å². The van der Waals surface area contributed by atoms with Crippen molar-refractivity contribution >= 4 is 22.6 Å². The Morgan fingerprint density at radius 1 is 1.00 bits per heavy atom. The van der Waals surface area contributed by atoms with Crippen molar-refractivity contribution in [3.63, 3.8) is 0 Å². The standard InChI is InChI=1S/C32H31N3O3/c1-22-15-17-28-26(20-22)30(25-13-7-4-8-14-27(25)35-28)33-19-9-12-24-16-18-29(31(34-24)32(36)37-2)38-21-23-10-5-3-6-11-23/h3,5-6,10-11,15-18,20H,4,7-8,13-14,19,21H2,1-2H3,(H,33,35). The molecule has 0 spiro atoms. The first-order valence-corrected chi connectivity index (χ1v) is 13.0. The average molecular weight is 506 g/mol. The van der Waals surface area contributed by atoms with Crippen LogP contribution in [-0.2, 0) is 24.2 Å². The van der Waals surface area contributed by atoms with Crippen LogP contribution in [0.3, 0.4) is 0 Å². The summed E-state index contributed by atoms with van der Waals surface area (Å²) in [6.07, 6.45) is 5.61. The number of nitrogens with zero attached hydrogens (tertiary/aromatic N) is 2. The van der Waals surface area contributed by atoms with Crippen LogP contribution in [0.15, 0.2) is 60.7 Å². The van der Waals surface area contributed by atoms with E-state index < -0.39 is 5.97 Å². The number of rotatable bonds is 6. The van der Waals surface area contributed by atoms with E-state index in [1.54, 1.807) is 12.1 Å². The van der Waals surface area contributed by atoms with Crippen molar-refractivity contribution < 1.29 is 14.3 Å². The van der Waals surface area contributed by atoms with Crippen LogP contribution in [0, 0.1) is 18.8 Å². The lowest BCUT2D eigenvalue weighted by molar-refractivity contribution is 0.0588. The minimum Gasteiger partial charge on any atom is -0.486 e. The number of aryl methyl sites for hydroxylation is 2. The molecule has 0 amide bonds. The Labute approximate surface area is 223 Å². The Hall–Kier alpha value is -4.37. The number of pyridine rings is 2. The topological polar surface area (TPSA) is 73.3 Å². The second-order valence-electron chi connectivity index (χ2n) is 9.46. The zero-order chi connectivity index (χ0) is 26.3. The molecule has 1 N–H and O–H groups in total. The maximum Gasteiger partial charge on any atom is 0.360 e. The Bertz CT molecular complexity index is 1520. The van der Waals surface area contributed by atoms with E-state index in [1.165, 1.54) is 43.2 Å². The monoisotopic (exact) mass is 505 g/mol. The molecule has 38 heavy (non-hydrogen) atoms. The number of esters is 1. The van der Waals surface area contributed by atoms with Gasteiger partial charge in [-0.05, 0) is 73.9 Å². The molecule has 192 valence electrons. The van der Waals surface area contributed by atoms with Crippen LogP contribution >= 0.6 is 0 Å². The van der Waals surface area contributed by atoms with Gasteiger partial charge in [-0.1, -0.05) is 54.3 Å². The Kier molecular flexibility index (Phi) is 7.84. The van der Waals surface area contributed by atoms with Crippen LogP contribution in [0.1, 0.15) is 57.8 Å². The molecule has 2 aromatic heterocycles. The summed E-state index contributed by atoms with van der Waals surface area (Å²) in [6, 6.07) is 19.6. The van der Waals surface area contributed by atoms with E-state index in [9.17, 15) is 4.79 Å². The third kappa shape index (κ3) is 5.78. The van der Waals surface area contributed by atoms with Crippen LogP contribution in [0.2, 0.25) is 0 Å². The van der Waals surface area contributed by atoms with E-state index in [4.69, 9.17) is 14.5 Å². The highest BCUT2D eigenvalue weighted by Crippen LogP contribution is 2.33. The van der Waals surface area contributed by atoms with Gasteiger partial charge < -0.3 is 14.8 Å². The van der Waals surface area contributed by atoms with Crippen LogP contribution < -0.4 is 10.1 Å². The largest absolute Gasteiger partial charge is 0.486 e. The number of benzene rings is 2. The molecule has 2 heterocycles. The van der Waals surface area contributed by atoms with Gasteiger partial charge in [0.15, 0.2) is 11.4 Å². The fourth-order valence-corrected chi connectivity index (χ4v) is 4.79. The minimum absolute atomic E-state index is 0.115. The highest BCUT2D eigenvalue weighted by Gasteiger charge is 2.18. The Morgan fingerprint density at radius 2 is 1.84 bits per heavy atom. The molecule has 0 saturated heterocycles. The van der Waals surface area contributed by atoms with E-state index in [0.29, 0.717) is 24.6 Å². The fraction of sp³-hybridized carbons (Fsp3) is 0.281. The molecule has 6 heteroatoms. The summed E-state index contributed by atoms with van der Waals surface area (Å²) < 4.78 is 10.8. The molecule has 0 radical (unpaired) electrons. The van der Waals surface area contributed by atoms with Crippen molar-refractivity contribution in [1.29, 1.82) is 0 Å². The highest BCUT2D eigenvalue weighted by atomic mass is 16.5. The average Bonchev–Trinajstić information content (AvgIpc) is 3.19. The number of hydrogen-bond acceptors (Lipinski definition) is 6. The van der Waals surface area contributed by atoms with Crippen LogP contribution in [0.4, 0.5) is 5.69 Å². The van der Waals surface area contributed by atoms with Gasteiger partial charge in [0.05, 0.1) is 19.2 Å². The van der Waals surface area contributed by atoms with E-state index >= 15 is 0 Å². The molecule has 0 unspecified atom stereocenters. The highest BCUT2D eigenvalue weighted by molar-refractivity contribution is 5.94. The van der Waals surface area contributed by atoms with Crippen molar-refractivity contribution in [3.8, 4) is 17.6 Å². The summed E-state index contributed by atoms with van der Waals surface area (Å²) in [5.74, 6) is 6.07. The van der Waals surface area contributed by atoms with Gasteiger partial charge in [0, 0.05) is 16.8 Å². The number of hydrogen-bond donors (Lipinski definition) is 1. The van der Waals surface area contributed by atoms with Gasteiger partial charge in [-0.3, -0.25) is 4.98 Å². The second kappa shape index (κ2) is 11.8. The fourth-order valence-electron chi connectivity index (χ4n) is 4.79. The lowest BCUT2D eigenvalue weighted by atomic mass is 10.0. The van der Waals surface area contributed by atoms with Gasteiger partial charge in [0.2, 0.25) is 0 Å². The Morgan fingerprint density at radius 3 is 2.68 bits per heavy atom. The van der Waals surface area contributed by atoms with Gasteiger partial charge in [-0.25, -0.2) is 9.78 Å². The smallest absolute Gasteiger partial charge is 0.360 e. The number of methoxy groups -OCH3 is 1. The van der Waals surface area contributed by atoms with Gasteiger partial charge >= 0.3 is 5.97 Å². The summed E-state index contributed by atoms with van der Waals surface area (Å²) in [4.78, 5) is 21.8. The molecule has 0 fully saturated rings. The molecule has 6 nitrogen and oxygen atoms in total. The number of nitrogens with one attached hydrogen (secondary N) is 1. The van der Waals surface area contributed by atoms with Crippen molar-refractivity contribution in [2.75, 3.05) is 19.0 Å². The minimum atomic E-state index is -0.559. The summed E-state index contributed by atoms with van der Waals surface area (Å²) >= 11 is 0. The summed E-state index contributed by atoms with van der Waals surface area (Å²) in [5, 5.41) is 4.72. The van der Waals surface area contributed by atoms with Gasteiger partial charge in [-0.15, -0.1) is 0 Å². The molecule has 0 aliphatic heterocycles. The lowest BCUT2D eigenvalue weighted by Crippen LogP contribution is -2.09. The third-order valence-electron chi connectivity index (χ3n) is 6.71.